The van der Waals surface area contributed by atoms with E-state index in [9.17, 15) is 0 Å². The van der Waals surface area contributed by atoms with Gasteiger partial charge in [-0.25, -0.2) is 0 Å². The zero-order valence-corrected chi connectivity index (χ0v) is 4.94. The van der Waals surface area contributed by atoms with Crippen molar-refractivity contribution in [1.82, 2.24) is 5.32 Å². The lowest BCUT2D eigenvalue weighted by Gasteiger charge is -1.91. The molecule has 1 atom stereocenters. The fourth-order valence-electron chi connectivity index (χ4n) is 0.402. The smallest absolute Gasteiger partial charge is 0.111 e. The molecule has 0 spiro atoms. The highest BCUT2D eigenvalue weighted by Crippen LogP contribution is 2.15. The molecule has 0 aliphatic carbocycles. The van der Waals surface area contributed by atoms with Crippen molar-refractivity contribution in [3.8, 4) is 0 Å². The van der Waals surface area contributed by atoms with Gasteiger partial charge in [-0.2, -0.15) is 0 Å². The molecule has 1 unspecified atom stereocenters. The summed E-state index contributed by atoms with van der Waals surface area (Å²) in [6.07, 6.45) is 0. The maximum absolute atomic E-state index is 4.85. The summed E-state index contributed by atoms with van der Waals surface area (Å²) < 4.78 is 0.296. The van der Waals surface area contributed by atoms with Crippen molar-refractivity contribution in [3.63, 3.8) is 0 Å². The molecule has 0 bridgehead atoms. The minimum Gasteiger partial charge on any atom is -0.295 e. The molecule has 6 heavy (non-hydrogen) atoms. The first-order valence-corrected chi connectivity index (χ1v) is 3.42. The highest BCUT2D eigenvalue weighted by Gasteiger charge is 2.07. The van der Waals surface area contributed by atoms with Crippen LogP contribution in [0.3, 0.4) is 0 Å². The molecule has 0 amide bonds. The third kappa shape index (κ3) is 1.06. The van der Waals surface area contributed by atoms with Crippen LogP contribution in [0.5, 0.6) is 0 Å². The Hall–Kier alpha value is 0.660. The maximum Gasteiger partial charge on any atom is 0.111 e. The maximum atomic E-state index is 4.85. The van der Waals surface area contributed by atoms with Gasteiger partial charge < -0.3 is 0 Å². The van der Waals surface area contributed by atoms with Gasteiger partial charge in [0.15, 0.2) is 0 Å². The van der Waals surface area contributed by atoms with E-state index in [0.29, 0.717) is 4.71 Å². The molecule has 1 rings (SSSR count). The van der Waals surface area contributed by atoms with Crippen molar-refractivity contribution < 1.29 is 0 Å². The first-order valence-electron chi connectivity index (χ1n) is 1.90. The van der Waals surface area contributed by atoms with Crippen LogP contribution < -0.4 is 5.32 Å². The molecular formula is C3H6NS2. The van der Waals surface area contributed by atoms with Crippen LogP contribution in [-0.2, 0) is 0 Å². The summed E-state index contributed by atoms with van der Waals surface area (Å²) in [5, 5.41) is 3.10. The summed E-state index contributed by atoms with van der Waals surface area (Å²) in [7, 11) is 0. The second-order valence-corrected chi connectivity index (χ2v) is 3.14. The molecule has 0 aromatic carbocycles. The van der Waals surface area contributed by atoms with E-state index in [1.165, 1.54) is 5.75 Å². The Labute approximate surface area is 47.3 Å². The van der Waals surface area contributed by atoms with Gasteiger partial charge in [0.05, 0.1) is 0 Å². The van der Waals surface area contributed by atoms with Gasteiger partial charge in [-0.3, -0.25) is 5.32 Å². The second kappa shape index (κ2) is 2.09. The third-order valence-corrected chi connectivity index (χ3v) is 2.17. The van der Waals surface area contributed by atoms with Gasteiger partial charge in [-0.1, -0.05) is 12.6 Å². The normalized spacial score (nSPS) is 34.5. The Balaban J connectivity index is 2.18. The number of hydrogen-bond acceptors (Lipinski definition) is 2. The van der Waals surface area contributed by atoms with Crippen molar-refractivity contribution in [2.45, 2.75) is 4.71 Å². The molecule has 1 heterocycles. The van der Waals surface area contributed by atoms with Gasteiger partial charge in [-0.15, -0.1) is 11.8 Å². The van der Waals surface area contributed by atoms with E-state index in [0.717, 1.165) is 6.54 Å². The Bertz CT molecular complexity index is 42.1. The Morgan fingerprint density at radius 3 is 2.83 bits per heavy atom. The van der Waals surface area contributed by atoms with Crippen LogP contribution in [0.25, 0.3) is 0 Å². The molecule has 0 saturated carbocycles. The predicted molar refractivity (Wildman–Crippen MR) is 31.8 cm³/mol. The Kier molecular flexibility index (Phi) is 1.68. The summed E-state index contributed by atoms with van der Waals surface area (Å²) in [5.41, 5.74) is 0. The van der Waals surface area contributed by atoms with Crippen LogP contribution in [0.1, 0.15) is 0 Å². The van der Waals surface area contributed by atoms with E-state index < -0.39 is 0 Å². The highest BCUT2D eigenvalue weighted by atomic mass is 32.2. The topological polar surface area (TPSA) is 12.0 Å². The lowest BCUT2D eigenvalue weighted by Crippen LogP contribution is -2.12. The van der Waals surface area contributed by atoms with Crippen molar-refractivity contribution in [2.24, 2.45) is 0 Å². The zero-order valence-electron chi connectivity index (χ0n) is 3.31. The summed E-state index contributed by atoms with van der Waals surface area (Å²) in [6, 6.07) is 0. The molecule has 1 radical (unpaired) electrons. The summed E-state index contributed by atoms with van der Waals surface area (Å²) in [6.45, 7) is 1.10. The van der Waals surface area contributed by atoms with Gasteiger partial charge in [-0.05, 0) is 0 Å². The van der Waals surface area contributed by atoms with Crippen LogP contribution in [-0.4, -0.2) is 17.0 Å². The van der Waals surface area contributed by atoms with Crippen LogP contribution in [0.4, 0.5) is 0 Å². The van der Waals surface area contributed by atoms with Gasteiger partial charge in [0.1, 0.15) is 4.71 Å². The largest absolute Gasteiger partial charge is 0.295 e. The van der Waals surface area contributed by atoms with E-state index in [-0.39, 0.29) is 0 Å². The summed E-state index contributed by atoms with van der Waals surface area (Å²) in [4.78, 5) is 0. The molecular weight excluding hydrogens is 114 g/mol. The second-order valence-electron chi connectivity index (χ2n) is 1.16. The molecule has 0 aromatic rings. The van der Waals surface area contributed by atoms with Crippen LogP contribution >= 0.6 is 24.4 Å². The quantitative estimate of drug-likeness (QED) is 0.507. The molecule has 1 nitrogen and oxygen atoms in total. The number of thioether (sulfide) groups is 1. The Morgan fingerprint density at radius 1 is 1.83 bits per heavy atom. The zero-order chi connectivity index (χ0) is 4.41. The standard InChI is InChI=1S/C3H6NS2/c5-3-4-1-2-6-3/h3-4H,1-2H2. The van der Waals surface area contributed by atoms with Gasteiger partial charge >= 0.3 is 0 Å². The summed E-state index contributed by atoms with van der Waals surface area (Å²) in [5.74, 6) is 1.19. The van der Waals surface area contributed by atoms with Gasteiger partial charge in [0, 0.05) is 12.3 Å². The van der Waals surface area contributed by atoms with E-state index >= 15 is 0 Å². The van der Waals surface area contributed by atoms with E-state index in [1.54, 1.807) is 11.8 Å². The monoisotopic (exact) mass is 120 g/mol. The van der Waals surface area contributed by atoms with Crippen molar-refractivity contribution in [3.05, 3.63) is 0 Å². The van der Waals surface area contributed by atoms with Gasteiger partial charge in [0.2, 0.25) is 0 Å². The van der Waals surface area contributed by atoms with Crippen molar-refractivity contribution in [1.29, 1.82) is 0 Å². The number of rotatable bonds is 0. The average molecular weight is 120 g/mol. The SMILES string of the molecule is [S]C1NCCS1. The fourth-order valence-corrected chi connectivity index (χ4v) is 1.49. The highest BCUT2D eigenvalue weighted by molar-refractivity contribution is 8.10. The molecule has 35 valence electrons. The lowest BCUT2D eigenvalue weighted by molar-refractivity contribution is 0.857. The predicted octanol–water partition coefficient (Wildman–Crippen LogP) is 0.804. The molecule has 3 heteroatoms. The van der Waals surface area contributed by atoms with E-state index in [4.69, 9.17) is 12.6 Å². The molecule has 1 saturated heterocycles. The number of nitrogens with one attached hydrogen (secondary N) is 1. The first kappa shape index (κ1) is 4.81. The lowest BCUT2D eigenvalue weighted by atomic mass is 10.8. The van der Waals surface area contributed by atoms with Crippen molar-refractivity contribution in [2.75, 3.05) is 12.3 Å². The van der Waals surface area contributed by atoms with Gasteiger partial charge in [0.25, 0.3) is 0 Å². The molecule has 1 fully saturated rings. The third-order valence-electron chi connectivity index (χ3n) is 0.682. The molecule has 1 N–H and O–H groups in total. The molecule has 0 aromatic heterocycles. The molecule has 1 aliphatic heterocycles. The van der Waals surface area contributed by atoms with Crippen LogP contribution in [0.2, 0.25) is 0 Å². The Morgan fingerprint density at radius 2 is 2.67 bits per heavy atom. The minimum absolute atomic E-state index is 0.296. The van der Waals surface area contributed by atoms with Crippen LogP contribution in [0, 0.1) is 0 Å². The van der Waals surface area contributed by atoms with E-state index in [1.807, 2.05) is 0 Å². The average Bonchev–Trinajstić information content (AvgIpc) is 1.86. The van der Waals surface area contributed by atoms with Crippen molar-refractivity contribution >= 4 is 24.4 Å². The van der Waals surface area contributed by atoms with E-state index in [2.05, 4.69) is 5.32 Å². The first-order chi connectivity index (χ1) is 2.89. The van der Waals surface area contributed by atoms with Crippen LogP contribution in [0.15, 0.2) is 0 Å². The summed E-state index contributed by atoms with van der Waals surface area (Å²) >= 11 is 6.66. The number of hydrogen-bond donors (Lipinski definition) is 1. The fraction of sp³-hybridized carbons (Fsp3) is 1.00. The molecule has 1 aliphatic rings. The minimum atomic E-state index is 0.296.